The van der Waals surface area contributed by atoms with Crippen LogP contribution in [0.3, 0.4) is 0 Å². The molecule has 5 heteroatoms. The van der Waals surface area contributed by atoms with Crippen molar-refractivity contribution in [2.75, 3.05) is 7.11 Å². The second-order valence-electron chi connectivity index (χ2n) is 4.33. The van der Waals surface area contributed by atoms with Gasteiger partial charge in [-0.1, -0.05) is 6.92 Å². The van der Waals surface area contributed by atoms with Crippen molar-refractivity contribution in [2.24, 2.45) is 0 Å². The minimum absolute atomic E-state index is 0.401. The zero-order valence-corrected chi connectivity index (χ0v) is 11.0. The Labute approximate surface area is 111 Å². The number of rotatable bonds is 5. The molecule has 0 aliphatic rings. The van der Waals surface area contributed by atoms with Gasteiger partial charge in [0.1, 0.15) is 17.7 Å². The molecule has 1 atom stereocenters. The summed E-state index contributed by atoms with van der Waals surface area (Å²) >= 11 is 0. The Balaban J connectivity index is 2.31. The van der Waals surface area contributed by atoms with Crippen molar-refractivity contribution >= 4 is 0 Å². The summed E-state index contributed by atoms with van der Waals surface area (Å²) in [5.74, 6) is 0.0490. The van der Waals surface area contributed by atoms with Gasteiger partial charge in [-0.2, -0.15) is 5.10 Å². The fraction of sp³-hybridized carbons (Fsp3) is 0.357. The van der Waals surface area contributed by atoms with Crippen LogP contribution in [0.2, 0.25) is 0 Å². The highest BCUT2D eigenvalue weighted by Gasteiger charge is 2.18. The predicted molar refractivity (Wildman–Crippen MR) is 69.5 cm³/mol. The summed E-state index contributed by atoms with van der Waals surface area (Å²) in [4.78, 5) is 0. The lowest BCUT2D eigenvalue weighted by molar-refractivity contribution is 0.214. The van der Waals surface area contributed by atoms with E-state index in [2.05, 4.69) is 5.10 Å². The van der Waals surface area contributed by atoms with E-state index in [4.69, 9.17) is 4.74 Å². The Morgan fingerprint density at radius 3 is 2.95 bits per heavy atom. The van der Waals surface area contributed by atoms with Crippen LogP contribution in [-0.4, -0.2) is 22.0 Å². The van der Waals surface area contributed by atoms with Crippen LogP contribution in [0.25, 0.3) is 0 Å². The largest absolute Gasteiger partial charge is 0.496 e. The van der Waals surface area contributed by atoms with E-state index in [1.807, 2.05) is 6.92 Å². The standard InChI is InChI=1S/C14H17FN2O2/c1-3-6-17-9-10(8-16-17)14(18)12-7-11(15)4-5-13(12)19-2/h4-5,7-9,14,18H,3,6H2,1-2H3. The van der Waals surface area contributed by atoms with Gasteiger partial charge in [0.25, 0.3) is 0 Å². The van der Waals surface area contributed by atoms with Crippen LogP contribution in [0.1, 0.15) is 30.6 Å². The smallest absolute Gasteiger partial charge is 0.125 e. The van der Waals surface area contributed by atoms with E-state index in [1.54, 1.807) is 17.1 Å². The van der Waals surface area contributed by atoms with E-state index in [0.29, 0.717) is 16.9 Å². The lowest BCUT2D eigenvalue weighted by Gasteiger charge is -2.13. The molecule has 0 saturated heterocycles. The lowest BCUT2D eigenvalue weighted by atomic mass is 10.0. The normalized spacial score (nSPS) is 12.4. The molecule has 1 heterocycles. The van der Waals surface area contributed by atoms with E-state index in [1.165, 1.54) is 25.3 Å². The minimum atomic E-state index is -0.948. The number of benzene rings is 1. The molecule has 0 amide bonds. The summed E-state index contributed by atoms with van der Waals surface area (Å²) in [5, 5.41) is 14.5. The number of aliphatic hydroxyl groups excluding tert-OH is 1. The molecular formula is C14H17FN2O2. The summed E-state index contributed by atoms with van der Waals surface area (Å²) in [6.07, 6.45) is 3.36. The maximum Gasteiger partial charge on any atom is 0.125 e. The van der Waals surface area contributed by atoms with Crippen molar-refractivity contribution in [2.45, 2.75) is 26.0 Å². The topological polar surface area (TPSA) is 47.3 Å². The molecular weight excluding hydrogens is 247 g/mol. The molecule has 2 rings (SSSR count). The summed E-state index contributed by atoms with van der Waals surface area (Å²) in [7, 11) is 1.49. The van der Waals surface area contributed by atoms with Crippen LogP contribution in [0.4, 0.5) is 4.39 Å². The third kappa shape index (κ3) is 2.93. The Bertz CT molecular complexity index is 554. The first kappa shape index (κ1) is 13.5. The molecule has 0 bridgehead atoms. The van der Waals surface area contributed by atoms with Gasteiger partial charge in [-0.15, -0.1) is 0 Å². The van der Waals surface area contributed by atoms with Crippen LogP contribution in [0, 0.1) is 5.82 Å². The quantitative estimate of drug-likeness (QED) is 0.902. The van der Waals surface area contributed by atoms with Gasteiger partial charge in [-0.25, -0.2) is 4.39 Å². The van der Waals surface area contributed by atoms with E-state index < -0.39 is 11.9 Å². The fourth-order valence-corrected chi connectivity index (χ4v) is 1.97. The second-order valence-corrected chi connectivity index (χ2v) is 4.33. The summed E-state index contributed by atoms with van der Waals surface area (Å²) in [6.45, 7) is 2.83. The van der Waals surface area contributed by atoms with Crippen LogP contribution < -0.4 is 4.74 Å². The predicted octanol–water partition coefficient (Wildman–Crippen LogP) is 2.52. The number of aliphatic hydroxyl groups is 1. The van der Waals surface area contributed by atoms with E-state index in [-0.39, 0.29) is 0 Å². The molecule has 0 saturated carbocycles. The maximum absolute atomic E-state index is 13.3. The molecule has 1 aromatic carbocycles. The number of methoxy groups -OCH3 is 1. The maximum atomic E-state index is 13.3. The molecule has 2 aromatic rings. The average Bonchev–Trinajstić information content (AvgIpc) is 2.87. The van der Waals surface area contributed by atoms with Crippen molar-refractivity contribution < 1.29 is 14.2 Å². The van der Waals surface area contributed by atoms with Crippen LogP contribution >= 0.6 is 0 Å². The molecule has 0 radical (unpaired) electrons. The number of nitrogens with zero attached hydrogens (tertiary/aromatic N) is 2. The summed E-state index contributed by atoms with van der Waals surface area (Å²) < 4.78 is 20.2. The van der Waals surface area contributed by atoms with Crippen molar-refractivity contribution in [3.05, 3.63) is 47.5 Å². The van der Waals surface area contributed by atoms with Gasteiger partial charge in [0.05, 0.1) is 13.3 Å². The number of hydrogen-bond donors (Lipinski definition) is 1. The summed E-state index contributed by atoms with van der Waals surface area (Å²) in [6, 6.07) is 4.08. The summed E-state index contributed by atoms with van der Waals surface area (Å²) in [5.41, 5.74) is 1.02. The highest BCUT2D eigenvalue weighted by Crippen LogP contribution is 2.30. The number of hydrogen-bond acceptors (Lipinski definition) is 3. The molecule has 1 unspecified atom stereocenters. The molecule has 1 aromatic heterocycles. The van der Waals surface area contributed by atoms with Crippen molar-refractivity contribution in [3.63, 3.8) is 0 Å². The third-order valence-corrected chi connectivity index (χ3v) is 2.91. The van der Waals surface area contributed by atoms with Crippen molar-refractivity contribution in [1.82, 2.24) is 9.78 Å². The number of halogens is 1. The van der Waals surface area contributed by atoms with Crippen molar-refractivity contribution in [3.8, 4) is 5.75 Å². The van der Waals surface area contributed by atoms with E-state index in [0.717, 1.165) is 13.0 Å². The lowest BCUT2D eigenvalue weighted by Crippen LogP contribution is -2.02. The van der Waals surface area contributed by atoms with Crippen LogP contribution in [0.5, 0.6) is 5.75 Å². The van der Waals surface area contributed by atoms with Gasteiger partial charge in [0.2, 0.25) is 0 Å². The highest BCUT2D eigenvalue weighted by molar-refractivity contribution is 5.39. The third-order valence-electron chi connectivity index (χ3n) is 2.91. The van der Waals surface area contributed by atoms with Gasteiger partial charge in [0, 0.05) is 23.9 Å². The van der Waals surface area contributed by atoms with Gasteiger partial charge < -0.3 is 9.84 Å². The molecule has 1 N–H and O–H groups in total. The first-order valence-electron chi connectivity index (χ1n) is 6.19. The average molecular weight is 264 g/mol. The monoisotopic (exact) mass is 264 g/mol. The molecule has 0 aliphatic carbocycles. The highest BCUT2D eigenvalue weighted by atomic mass is 19.1. The molecule has 19 heavy (non-hydrogen) atoms. The molecule has 4 nitrogen and oxygen atoms in total. The SMILES string of the molecule is CCCn1cc(C(O)c2cc(F)ccc2OC)cn1. The first-order valence-corrected chi connectivity index (χ1v) is 6.19. The number of aryl methyl sites for hydroxylation is 1. The minimum Gasteiger partial charge on any atom is -0.496 e. The van der Waals surface area contributed by atoms with Crippen LogP contribution in [0.15, 0.2) is 30.6 Å². The van der Waals surface area contributed by atoms with E-state index >= 15 is 0 Å². The second kappa shape index (κ2) is 5.84. The first-order chi connectivity index (χ1) is 9.15. The van der Waals surface area contributed by atoms with Crippen LogP contribution in [-0.2, 0) is 6.54 Å². The van der Waals surface area contributed by atoms with Crippen molar-refractivity contribution in [1.29, 1.82) is 0 Å². The molecule has 0 spiro atoms. The Morgan fingerprint density at radius 1 is 1.47 bits per heavy atom. The Kier molecular flexibility index (Phi) is 4.16. The molecule has 0 fully saturated rings. The van der Waals surface area contributed by atoms with Gasteiger partial charge in [-0.05, 0) is 24.6 Å². The Hall–Kier alpha value is -1.88. The fourth-order valence-electron chi connectivity index (χ4n) is 1.97. The zero-order chi connectivity index (χ0) is 13.8. The number of aromatic nitrogens is 2. The van der Waals surface area contributed by atoms with Gasteiger partial charge >= 0.3 is 0 Å². The van der Waals surface area contributed by atoms with Gasteiger partial charge in [0.15, 0.2) is 0 Å². The number of ether oxygens (including phenoxy) is 1. The zero-order valence-electron chi connectivity index (χ0n) is 11.0. The van der Waals surface area contributed by atoms with E-state index in [9.17, 15) is 9.50 Å². The van der Waals surface area contributed by atoms with Gasteiger partial charge in [-0.3, -0.25) is 4.68 Å². The molecule has 102 valence electrons. The Morgan fingerprint density at radius 2 is 2.26 bits per heavy atom. The molecule has 0 aliphatic heterocycles.